The zero-order valence-electron chi connectivity index (χ0n) is 10.2. The number of halogens is 1. The quantitative estimate of drug-likeness (QED) is 0.904. The number of aliphatic hydroxyl groups is 1. The predicted molar refractivity (Wildman–Crippen MR) is 66.2 cm³/mol. The van der Waals surface area contributed by atoms with E-state index in [1.165, 1.54) is 12.1 Å². The molecule has 0 unspecified atom stereocenters. The van der Waals surface area contributed by atoms with Crippen molar-refractivity contribution in [2.24, 2.45) is 0 Å². The Labute approximate surface area is 105 Å². The van der Waals surface area contributed by atoms with Crippen molar-refractivity contribution in [1.29, 1.82) is 0 Å². The van der Waals surface area contributed by atoms with E-state index in [0.717, 1.165) is 35.3 Å². The number of nitrogens with zero attached hydrogens (tertiary/aromatic N) is 2. The van der Waals surface area contributed by atoms with Gasteiger partial charge >= 0.3 is 0 Å². The molecule has 0 saturated heterocycles. The first kappa shape index (κ1) is 11.4. The number of hydrogen-bond donors (Lipinski definition) is 1. The smallest absolute Gasteiger partial charge is 0.123 e. The zero-order chi connectivity index (χ0) is 12.7. The van der Waals surface area contributed by atoms with Gasteiger partial charge in [-0.05, 0) is 43.5 Å². The molecular formula is C14H15FN2O. The molecule has 4 heteroatoms. The molecule has 0 spiro atoms. The molecule has 1 aliphatic rings. The van der Waals surface area contributed by atoms with Crippen LogP contribution in [0, 0.1) is 12.7 Å². The van der Waals surface area contributed by atoms with Crippen LogP contribution in [0.3, 0.4) is 0 Å². The van der Waals surface area contributed by atoms with E-state index in [4.69, 9.17) is 0 Å². The minimum Gasteiger partial charge on any atom is -0.392 e. The van der Waals surface area contributed by atoms with Crippen LogP contribution in [-0.4, -0.2) is 14.9 Å². The SMILES string of the molecule is Cc1cc(F)ccc1-n1ncc(CO)c1C1CC1. The van der Waals surface area contributed by atoms with E-state index >= 15 is 0 Å². The number of hydrogen-bond acceptors (Lipinski definition) is 2. The van der Waals surface area contributed by atoms with E-state index in [0.29, 0.717) is 5.92 Å². The van der Waals surface area contributed by atoms with Crippen molar-refractivity contribution in [3.63, 3.8) is 0 Å². The Bertz CT molecular complexity index is 587. The van der Waals surface area contributed by atoms with Crippen LogP contribution in [0.25, 0.3) is 5.69 Å². The van der Waals surface area contributed by atoms with Crippen molar-refractivity contribution in [3.8, 4) is 5.69 Å². The second kappa shape index (κ2) is 4.21. The molecule has 1 aromatic carbocycles. The van der Waals surface area contributed by atoms with Crippen LogP contribution in [0.15, 0.2) is 24.4 Å². The number of aromatic nitrogens is 2. The highest BCUT2D eigenvalue weighted by Crippen LogP contribution is 2.42. The van der Waals surface area contributed by atoms with E-state index in [1.807, 2.05) is 11.6 Å². The molecule has 1 heterocycles. The lowest BCUT2D eigenvalue weighted by atomic mass is 10.1. The topological polar surface area (TPSA) is 38.0 Å². The van der Waals surface area contributed by atoms with E-state index < -0.39 is 0 Å². The first-order valence-corrected chi connectivity index (χ1v) is 6.15. The molecule has 0 atom stereocenters. The number of aliphatic hydroxyl groups excluding tert-OH is 1. The monoisotopic (exact) mass is 246 g/mol. The van der Waals surface area contributed by atoms with Crippen LogP contribution in [0.4, 0.5) is 4.39 Å². The van der Waals surface area contributed by atoms with Crippen molar-refractivity contribution in [2.75, 3.05) is 0 Å². The summed E-state index contributed by atoms with van der Waals surface area (Å²) in [4.78, 5) is 0. The van der Waals surface area contributed by atoms with Crippen LogP contribution >= 0.6 is 0 Å². The third kappa shape index (κ3) is 1.82. The molecule has 18 heavy (non-hydrogen) atoms. The molecule has 2 aromatic rings. The third-order valence-electron chi connectivity index (χ3n) is 3.41. The summed E-state index contributed by atoms with van der Waals surface area (Å²) in [7, 11) is 0. The highest BCUT2D eigenvalue weighted by Gasteiger charge is 2.30. The van der Waals surface area contributed by atoms with Gasteiger partial charge in [0.1, 0.15) is 5.82 Å². The predicted octanol–water partition coefficient (Wildman–Crippen LogP) is 2.69. The minimum absolute atomic E-state index is 0.00603. The third-order valence-corrected chi connectivity index (χ3v) is 3.41. The summed E-state index contributed by atoms with van der Waals surface area (Å²) in [6.07, 6.45) is 3.98. The number of rotatable bonds is 3. The van der Waals surface area contributed by atoms with Crippen LogP contribution < -0.4 is 0 Å². The Hall–Kier alpha value is -1.68. The normalized spacial score (nSPS) is 15.1. The summed E-state index contributed by atoms with van der Waals surface area (Å²) in [6, 6.07) is 4.69. The summed E-state index contributed by atoms with van der Waals surface area (Å²) in [6.45, 7) is 1.88. The van der Waals surface area contributed by atoms with Crippen molar-refractivity contribution in [1.82, 2.24) is 9.78 Å². The Morgan fingerprint density at radius 3 is 2.83 bits per heavy atom. The van der Waals surface area contributed by atoms with Gasteiger partial charge in [-0.3, -0.25) is 0 Å². The molecule has 0 aliphatic heterocycles. The van der Waals surface area contributed by atoms with E-state index in [2.05, 4.69) is 5.10 Å². The number of aryl methyl sites for hydroxylation is 1. The summed E-state index contributed by atoms with van der Waals surface area (Å²) >= 11 is 0. The fourth-order valence-corrected chi connectivity index (χ4v) is 2.35. The van der Waals surface area contributed by atoms with Gasteiger partial charge in [0.2, 0.25) is 0 Å². The van der Waals surface area contributed by atoms with Crippen LogP contribution in [0.5, 0.6) is 0 Å². The molecule has 1 aliphatic carbocycles. The Kier molecular flexibility index (Phi) is 2.67. The molecule has 1 fully saturated rings. The van der Waals surface area contributed by atoms with E-state index in [1.54, 1.807) is 12.3 Å². The fourth-order valence-electron chi connectivity index (χ4n) is 2.35. The van der Waals surface area contributed by atoms with Crippen LogP contribution in [0.1, 0.15) is 35.6 Å². The molecule has 0 radical (unpaired) electrons. The zero-order valence-corrected chi connectivity index (χ0v) is 10.2. The number of benzene rings is 1. The molecule has 3 rings (SSSR count). The Balaban J connectivity index is 2.13. The molecule has 0 amide bonds. The highest BCUT2D eigenvalue weighted by molar-refractivity contribution is 5.43. The van der Waals surface area contributed by atoms with Gasteiger partial charge in [-0.2, -0.15) is 5.10 Å². The maximum Gasteiger partial charge on any atom is 0.123 e. The van der Waals surface area contributed by atoms with E-state index in [-0.39, 0.29) is 12.4 Å². The van der Waals surface area contributed by atoms with Crippen LogP contribution in [-0.2, 0) is 6.61 Å². The average Bonchev–Trinajstić information content (AvgIpc) is 3.09. The first-order chi connectivity index (χ1) is 8.70. The van der Waals surface area contributed by atoms with Gasteiger partial charge in [-0.15, -0.1) is 0 Å². The summed E-state index contributed by atoms with van der Waals surface area (Å²) in [5, 5.41) is 13.7. The lowest BCUT2D eigenvalue weighted by molar-refractivity contribution is 0.280. The maximum atomic E-state index is 13.1. The Morgan fingerprint density at radius 1 is 1.44 bits per heavy atom. The van der Waals surface area contributed by atoms with Gasteiger partial charge in [0, 0.05) is 11.5 Å². The van der Waals surface area contributed by atoms with Gasteiger partial charge in [-0.25, -0.2) is 9.07 Å². The van der Waals surface area contributed by atoms with Gasteiger partial charge in [0.15, 0.2) is 0 Å². The standard InChI is InChI=1S/C14H15FN2O/c1-9-6-12(15)4-5-13(9)17-14(10-2-3-10)11(8-18)7-16-17/h4-7,10,18H,2-3,8H2,1H3. The molecule has 1 N–H and O–H groups in total. The molecule has 1 saturated carbocycles. The first-order valence-electron chi connectivity index (χ1n) is 6.15. The molecule has 94 valence electrons. The van der Waals surface area contributed by atoms with Crippen molar-refractivity contribution in [2.45, 2.75) is 32.3 Å². The molecule has 0 bridgehead atoms. The minimum atomic E-state index is -0.237. The molecular weight excluding hydrogens is 231 g/mol. The maximum absolute atomic E-state index is 13.1. The summed E-state index contributed by atoms with van der Waals surface area (Å²) < 4.78 is 15.0. The Morgan fingerprint density at radius 2 is 2.22 bits per heavy atom. The molecule has 1 aromatic heterocycles. The van der Waals surface area contributed by atoms with Crippen molar-refractivity contribution >= 4 is 0 Å². The average molecular weight is 246 g/mol. The van der Waals surface area contributed by atoms with Gasteiger partial charge in [0.25, 0.3) is 0 Å². The van der Waals surface area contributed by atoms with Gasteiger partial charge in [-0.1, -0.05) is 0 Å². The van der Waals surface area contributed by atoms with Crippen molar-refractivity contribution < 1.29 is 9.50 Å². The lowest BCUT2D eigenvalue weighted by Gasteiger charge is -2.11. The second-order valence-electron chi connectivity index (χ2n) is 4.83. The summed E-state index contributed by atoms with van der Waals surface area (Å²) in [5.74, 6) is 0.248. The van der Waals surface area contributed by atoms with Crippen LogP contribution in [0.2, 0.25) is 0 Å². The summed E-state index contributed by atoms with van der Waals surface area (Å²) in [5.41, 5.74) is 3.69. The second-order valence-corrected chi connectivity index (χ2v) is 4.83. The van der Waals surface area contributed by atoms with Gasteiger partial charge < -0.3 is 5.11 Å². The fraction of sp³-hybridized carbons (Fsp3) is 0.357. The highest BCUT2D eigenvalue weighted by atomic mass is 19.1. The lowest BCUT2D eigenvalue weighted by Crippen LogP contribution is -2.05. The molecule has 3 nitrogen and oxygen atoms in total. The van der Waals surface area contributed by atoms with Crippen molar-refractivity contribution in [3.05, 3.63) is 47.0 Å². The largest absolute Gasteiger partial charge is 0.392 e. The van der Waals surface area contributed by atoms with E-state index in [9.17, 15) is 9.50 Å². The van der Waals surface area contributed by atoms with Gasteiger partial charge in [0.05, 0.1) is 24.2 Å².